The van der Waals surface area contributed by atoms with Crippen LogP contribution in [0.3, 0.4) is 0 Å². The van der Waals surface area contributed by atoms with Gasteiger partial charge in [-0.05, 0) is 35.4 Å². The lowest BCUT2D eigenvalue weighted by molar-refractivity contribution is 0.591. The van der Waals surface area contributed by atoms with Gasteiger partial charge < -0.3 is 10.6 Å². The molecule has 0 spiro atoms. The molecule has 0 saturated heterocycles. The van der Waals surface area contributed by atoms with Crippen molar-refractivity contribution >= 4 is 28.6 Å². The van der Waals surface area contributed by atoms with Crippen LogP contribution in [0.5, 0.6) is 0 Å². The minimum Gasteiger partial charge on any atom is -0.351 e. The van der Waals surface area contributed by atoms with Crippen LogP contribution in [0.25, 0.3) is 17.0 Å². The Balaban J connectivity index is 1.29. The first-order valence-corrected chi connectivity index (χ1v) is 11.5. The summed E-state index contributed by atoms with van der Waals surface area (Å²) < 4.78 is 1.91. The molecule has 0 atom stereocenters. The highest BCUT2D eigenvalue weighted by Crippen LogP contribution is 2.24. The SMILES string of the molecule is c1ccc(CNc2nc3ccccc3n2-c2ncnc(Nc3cccc(Cn4nccn4)c3)n2)cc1. The van der Waals surface area contributed by atoms with Crippen molar-refractivity contribution in [3.63, 3.8) is 0 Å². The molecule has 10 heteroatoms. The van der Waals surface area contributed by atoms with Crippen molar-refractivity contribution in [3.8, 4) is 5.95 Å². The van der Waals surface area contributed by atoms with E-state index >= 15 is 0 Å². The van der Waals surface area contributed by atoms with Crippen LogP contribution in [-0.4, -0.2) is 39.5 Å². The molecule has 36 heavy (non-hydrogen) atoms. The molecule has 0 aliphatic carbocycles. The monoisotopic (exact) mass is 474 g/mol. The van der Waals surface area contributed by atoms with E-state index in [0.29, 0.717) is 30.9 Å². The summed E-state index contributed by atoms with van der Waals surface area (Å²) in [5.41, 5.74) is 4.81. The summed E-state index contributed by atoms with van der Waals surface area (Å²) in [5, 5.41) is 15.1. The molecule has 3 heterocycles. The second kappa shape index (κ2) is 9.63. The van der Waals surface area contributed by atoms with E-state index in [1.165, 1.54) is 6.33 Å². The van der Waals surface area contributed by atoms with E-state index in [0.717, 1.165) is 27.8 Å². The Kier molecular flexibility index (Phi) is 5.73. The topological polar surface area (TPSA) is 111 Å². The number of imidazole rings is 1. The third-order valence-electron chi connectivity index (χ3n) is 5.59. The normalized spacial score (nSPS) is 11.0. The Hall–Kier alpha value is -5.12. The summed E-state index contributed by atoms with van der Waals surface area (Å²) in [7, 11) is 0. The fourth-order valence-corrected chi connectivity index (χ4v) is 3.94. The molecule has 6 aromatic rings. The summed E-state index contributed by atoms with van der Waals surface area (Å²) in [6.45, 7) is 1.20. The number of nitrogens with zero attached hydrogens (tertiary/aromatic N) is 8. The van der Waals surface area contributed by atoms with Gasteiger partial charge in [-0.15, -0.1) is 0 Å². The van der Waals surface area contributed by atoms with Gasteiger partial charge >= 0.3 is 0 Å². The number of fused-ring (bicyclic) bond motifs is 1. The van der Waals surface area contributed by atoms with E-state index in [2.05, 4.69) is 42.9 Å². The van der Waals surface area contributed by atoms with Gasteiger partial charge in [0, 0.05) is 12.2 Å². The molecule has 6 rings (SSSR count). The standard InChI is InChI=1S/C26H22N10/c1-2-7-19(8-3-1)16-27-25-33-22-11-4-5-12-23(22)36(25)26-29-18-28-24(34-26)32-21-10-6-9-20(15-21)17-35-30-13-14-31-35/h1-15,18H,16-17H2,(H,27,33)(H,28,29,32,34). The summed E-state index contributed by atoms with van der Waals surface area (Å²) in [5.74, 6) is 1.56. The largest absolute Gasteiger partial charge is 0.351 e. The Bertz CT molecular complexity index is 1590. The van der Waals surface area contributed by atoms with Crippen LogP contribution in [0.1, 0.15) is 11.1 Å². The first kappa shape index (κ1) is 21.4. The van der Waals surface area contributed by atoms with Crippen LogP contribution < -0.4 is 10.6 Å². The molecule has 0 bridgehead atoms. The number of benzene rings is 3. The molecule has 176 valence electrons. The van der Waals surface area contributed by atoms with Crippen molar-refractivity contribution in [1.82, 2.24) is 39.5 Å². The first-order valence-electron chi connectivity index (χ1n) is 11.5. The number of para-hydroxylation sites is 2. The molecule has 3 aromatic heterocycles. The van der Waals surface area contributed by atoms with Crippen molar-refractivity contribution in [2.45, 2.75) is 13.1 Å². The Morgan fingerprint density at radius 2 is 1.56 bits per heavy atom. The molecule has 0 aliphatic heterocycles. The molecule has 3 aromatic carbocycles. The van der Waals surface area contributed by atoms with Crippen molar-refractivity contribution < 1.29 is 0 Å². The molecular weight excluding hydrogens is 452 g/mol. The number of hydrogen-bond acceptors (Lipinski definition) is 8. The van der Waals surface area contributed by atoms with E-state index in [9.17, 15) is 0 Å². The minimum atomic E-state index is 0.432. The van der Waals surface area contributed by atoms with Gasteiger partial charge in [0.05, 0.1) is 30.0 Å². The zero-order valence-electron chi connectivity index (χ0n) is 19.2. The van der Waals surface area contributed by atoms with Gasteiger partial charge in [0.15, 0.2) is 0 Å². The molecule has 10 nitrogen and oxygen atoms in total. The molecule has 0 amide bonds. The molecular formula is C26H22N10. The minimum absolute atomic E-state index is 0.432. The van der Waals surface area contributed by atoms with Crippen LogP contribution in [0.2, 0.25) is 0 Å². The van der Waals surface area contributed by atoms with Gasteiger partial charge in [-0.25, -0.2) is 19.5 Å². The number of hydrogen-bond donors (Lipinski definition) is 2. The highest BCUT2D eigenvalue weighted by Gasteiger charge is 2.15. The maximum absolute atomic E-state index is 4.78. The van der Waals surface area contributed by atoms with E-state index in [-0.39, 0.29) is 0 Å². The molecule has 0 saturated carbocycles. The fourth-order valence-electron chi connectivity index (χ4n) is 3.94. The van der Waals surface area contributed by atoms with Crippen LogP contribution in [0, 0.1) is 0 Å². The lowest BCUT2D eigenvalue weighted by atomic mass is 10.2. The lowest BCUT2D eigenvalue weighted by Crippen LogP contribution is -2.10. The predicted molar refractivity (Wildman–Crippen MR) is 137 cm³/mol. The molecule has 2 N–H and O–H groups in total. The van der Waals surface area contributed by atoms with Crippen molar-refractivity contribution in [3.05, 3.63) is 109 Å². The predicted octanol–water partition coefficient (Wildman–Crippen LogP) is 4.21. The quantitative estimate of drug-likeness (QED) is 0.338. The van der Waals surface area contributed by atoms with Crippen LogP contribution in [-0.2, 0) is 13.1 Å². The fraction of sp³-hybridized carbons (Fsp3) is 0.0769. The van der Waals surface area contributed by atoms with E-state index in [4.69, 9.17) is 9.97 Å². The van der Waals surface area contributed by atoms with Gasteiger partial charge in [0.1, 0.15) is 6.33 Å². The highest BCUT2D eigenvalue weighted by molar-refractivity contribution is 5.80. The Morgan fingerprint density at radius 3 is 2.44 bits per heavy atom. The summed E-state index contributed by atoms with van der Waals surface area (Å²) in [6.07, 6.45) is 4.83. The average molecular weight is 475 g/mol. The summed E-state index contributed by atoms with van der Waals surface area (Å²) in [6, 6.07) is 26.1. The first-order chi connectivity index (χ1) is 17.8. The van der Waals surface area contributed by atoms with Gasteiger partial charge in [0.25, 0.3) is 0 Å². The average Bonchev–Trinajstić information content (AvgIpc) is 3.56. The van der Waals surface area contributed by atoms with Crippen LogP contribution in [0.15, 0.2) is 97.6 Å². The summed E-state index contributed by atoms with van der Waals surface area (Å²) in [4.78, 5) is 19.9. The third kappa shape index (κ3) is 4.60. The van der Waals surface area contributed by atoms with Gasteiger partial charge in [0.2, 0.25) is 17.8 Å². The second-order valence-corrected chi connectivity index (χ2v) is 8.09. The van der Waals surface area contributed by atoms with E-state index < -0.39 is 0 Å². The second-order valence-electron chi connectivity index (χ2n) is 8.09. The van der Waals surface area contributed by atoms with E-state index in [1.54, 1.807) is 17.2 Å². The van der Waals surface area contributed by atoms with Gasteiger partial charge in [-0.2, -0.15) is 20.0 Å². The number of rotatable bonds is 8. The number of anilines is 3. The van der Waals surface area contributed by atoms with E-state index in [1.807, 2.05) is 71.3 Å². The highest BCUT2D eigenvalue weighted by atomic mass is 15.5. The molecule has 0 aliphatic rings. The van der Waals surface area contributed by atoms with Gasteiger partial charge in [-0.3, -0.25) is 0 Å². The molecule has 0 radical (unpaired) electrons. The smallest absolute Gasteiger partial charge is 0.241 e. The van der Waals surface area contributed by atoms with Crippen molar-refractivity contribution in [2.75, 3.05) is 10.6 Å². The molecule has 0 unspecified atom stereocenters. The zero-order valence-corrected chi connectivity index (χ0v) is 19.2. The van der Waals surface area contributed by atoms with Crippen LogP contribution in [0.4, 0.5) is 17.6 Å². The lowest BCUT2D eigenvalue weighted by Gasteiger charge is -2.11. The Morgan fingerprint density at radius 1 is 0.750 bits per heavy atom. The molecule has 0 fully saturated rings. The maximum atomic E-state index is 4.78. The zero-order chi connectivity index (χ0) is 24.2. The number of nitrogens with one attached hydrogen (secondary N) is 2. The number of aromatic nitrogens is 8. The maximum Gasteiger partial charge on any atom is 0.241 e. The Labute approximate surface area is 206 Å². The summed E-state index contributed by atoms with van der Waals surface area (Å²) >= 11 is 0. The van der Waals surface area contributed by atoms with Crippen molar-refractivity contribution in [1.29, 1.82) is 0 Å². The van der Waals surface area contributed by atoms with Gasteiger partial charge in [-0.1, -0.05) is 54.6 Å². The van der Waals surface area contributed by atoms with Crippen LogP contribution >= 0.6 is 0 Å². The third-order valence-corrected chi connectivity index (χ3v) is 5.59. The van der Waals surface area contributed by atoms with Crippen molar-refractivity contribution in [2.24, 2.45) is 0 Å².